The number of para-hydroxylation sites is 1. The van der Waals surface area contributed by atoms with Crippen LogP contribution in [0, 0.1) is 13.8 Å². The number of hydrogen-bond acceptors (Lipinski definition) is 1. The van der Waals surface area contributed by atoms with Crippen molar-refractivity contribution >= 4 is 32.4 Å². The average Bonchev–Trinajstić information content (AvgIpc) is 3.40. The fourth-order valence-electron chi connectivity index (χ4n) is 7.53. The van der Waals surface area contributed by atoms with Crippen LogP contribution < -0.4 is 0 Å². The number of nitrogens with zero attached hydrogens (tertiary/aromatic N) is 1. The fourth-order valence-corrected chi connectivity index (χ4v) is 7.53. The van der Waals surface area contributed by atoms with Gasteiger partial charge in [-0.25, -0.2) is 4.98 Å². The molecule has 0 saturated heterocycles. The van der Waals surface area contributed by atoms with E-state index in [-0.39, 0.29) is 0 Å². The maximum Gasteiger partial charge on any atom is 0.0741 e. The first-order chi connectivity index (χ1) is 21.7. The van der Waals surface area contributed by atoms with E-state index in [0.717, 1.165) is 11.2 Å². The van der Waals surface area contributed by atoms with E-state index >= 15 is 0 Å². The Labute approximate surface area is 257 Å². The lowest BCUT2D eigenvalue weighted by molar-refractivity contribution is 1.34. The summed E-state index contributed by atoms with van der Waals surface area (Å²) in [5, 5.41) is 6.35. The molecule has 0 atom stereocenters. The predicted octanol–water partition coefficient (Wildman–Crippen LogP) is 11.8. The average molecular weight is 560 g/mol. The highest BCUT2D eigenvalue weighted by Crippen LogP contribution is 2.58. The summed E-state index contributed by atoms with van der Waals surface area (Å²) < 4.78 is 0. The molecule has 1 heterocycles. The van der Waals surface area contributed by atoms with Crippen molar-refractivity contribution in [2.45, 2.75) is 13.8 Å². The van der Waals surface area contributed by atoms with Gasteiger partial charge in [0.15, 0.2) is 0 Å². The predicted molar refractivity (Wildman–Crippen MR) is 187 cm³/mol. The van der Waals surface area contributed by atoms with Gasteiger partial charge in [0.05, 0.1) is 11.2 Å². The second kappa shape index (κ2) is 9.49. The second-order valence-electron chi connectivity index (χ2n) is 12.0. The summed E-state index contributed by atoms with van der Waals surface area (Å²) in [7, 11) is 0. The number of hydrogen-bond donors (Lipinski definition) is 0. The van der Waals surface area contributed by atoms with Crippen LogP contribution in [0.3, 0.4) is 0 Å². The summed E-state index contributed by atoms with van der Waals surface area (Å²) in [6, 6.07) is 51.0. The Balaban J connectivity index is 1.43. The molecule has 0 saturated carbocycles. The maximum absolute atomic E-state index is 5.26. The normalized spacial score (nSPS) is 11.9. The molecule has 0 radical (unpaired) electrons. The van der Waals surface area contributed by atoms with E-state index in [0.29, 0.717) is 0 Å². The van der Waals surface area contributed by atoms with E-state index in [4.69, 9.17) is 4.98 Å². The smallest absolute Gasteiger partial charge is 0.0741 e. The molecular weight excluding hydrogens is 530 g/mol. The number of fused-ring (bicyclic) bond motifs is 5. The minimum absolute atomic E-state index is 1.03. The zero-order valence-electron chi connectivity index (χ0n) is 24.7. The van der Waals surface area contributed by atoms with Crippen molar-refractivity contribution in [1.29, 1.82) is 0 Å². The van der Waals surface area contributed by atoms with Gasteiger partial charge in [-0.1, -0.05) is 133 Å². The zero-order chi connectivity index (χ0) is 29.4. The third kappa shape index (κ3) is 3.50. The monoisotopic (exact) mass is 559 g/mol. The van der Waals surface area contributed by atoms with Gasteiger partial charge >= 0.3 is 0 Å². The molecule has 0 bridgehead atoms. The van der Waals surface area contributed by atoms with Crippen LogP contribution >= 0.6 is 0 Å². The van der Waals surface area contributed by atoms with Gasteiger partial charge in [-0.15, -0.1) is 0 Å². The van der Waals surface area contributed by atoms with Crippen LogP contribution in [-0.2, 0) is 0 Å². The largest absolute Gasteiger partial charge is 0.247 e. The standard InChI is InChI=1S/C43H29N/c1-26-13-11-20-30-27(2)25-37(44-43(26)30)31-23-24-36-40-32(31)21-12-22-35(40)41-38(28-14-5-3-6-15-28)33-18-9-10-19-34(33)39(42(36)41)29-16-7-4-8-17-29/h3-25H,1-2H3. The van der Waals surface area contributed by atoms with Crippen molar-refractivity contribution in [3.8, 4) is 55.8 Å². The van der Waals surface area contributed by atoms with Crippen LogP contribution in [-0.4, -0.2) is 4.98 Å². The summed E-state index contributed by atoms with van der Waals surface area (Å²) in [6.45, 7) is 4.36. The van der Waals surface area contributed by atoms with E-state index in [1.54, 1.807) is 0 Å². The summed E-state index contributed by atoms with van der Waals surface area (Å²) in [5.74, 6) is 0. The topological polar surface area (TPSA) is 12.9 Å². The summed E-state index contributed by atoms with van der Waals surface area (Å²) in [4.78, 5) is 5.26. The Kier molecular flexibility index (Phi) is 5.39. The second-order valence-corrected chi connectivity index (χ2v) is 12.0. The molecule has 44 heavy (non-hydrogen) atoms. The first kappa shape index (κ1) is 25.0. The molecule has 0 aliphatic heterocycles. The highest BCUT2D eigenvalue weighted by atomic mass is 14.7. The first-order valence-electron chi connectivity index (χ1n) is 15.3. The number of pyridine rings is 1. The molecule has 7 aromatic carbocycles. The summed E-state index contributed by atoms with van der Waals surface area (Å²) >= 11 is 0. The molecule has 1 aliphatic rings. The van der Waals surface area contributed by atoms with E-state index in [9.17, 15) is 0 Å². The molecule has 0 unspecified atom stereocenters. The van der Waals surface area contributed by atoms with Gasteiger partial charge in [-0.3, -0.25) is 0 Å². The van der Waals surface area contributed by atoms with Crippen LogP contribution in [0.4, 0.5) is 0 Å². The van der Waals surface area contributed by atoms with Crippen molar-refractivity contribution in [3.05, 3.63) is 151 Å². The molecule has 1 heteroatoms. The molecule has 1 aliphatic carbocycles. The molecule has 9 rings (SSSR count). The molecular formula is C43H29N. The third-order valence-corrected chi connectivity index (χ3v) is 9.44. The third-order valence-electron chi connectivity index (χ3n) is 9.44. The van der Waals surface area contributed by atoms with Gasteiger partial charge in [0, 0.05) is 10.9 Å². The van der Waals surface area contributed by atoms with Crippen molar-refractivity contribution in [3.63, 3.8) is 0 Å². The fraction of sp³-hybridized carbons (Fsp3) is 0.0465. The SMILES string of the molecule is Cc1cc(-c2ccc3c4c(cccc24)-c2c-3c(-c3ccccc3)c3ccccc3c2-c2ccccc2)nc2c(C)cccc12. The van der Waals surface area contributed by atoms with E-state index < -0.39 is 0 Å². The van der Waals surface area contributed by atoms with Gasteiger partial charge in [0.2, 0.25) is 0 Å². The van der Waals surface area contributed by atoms with Crippen LogP contribution in [0.1, 0.15) is 11.1 Å². The molecule has 206 valence electrons. The Bertz CT molecular complexity index is 2340. The first-order valence-corrected chi connectivity index (χ1v) is 15.3. The van der Waals surface area contributed by atoms with Gasteiger partial charge < -0.3 is 0 Å². The lowest BCUT2D eigenvalue weighted by Gasteiger charge is -2.20. The van der Waals surface area contributed by atoms with Gasteiger partial charge in [-0.2, -0.15) is 0 Å². The molecule has 1 aromatic heterocycles. The minimum atomic E-state index is 1.03. The number of benzene rings is 7. The molecule has 8 aromatic rings. The van der Waals surface area contributed by atoms with Crippen molar-refractivity contribution in [2.24, 2.45) is 0 Å². The Morgan fingerprint density at radius 2 is 0.909 bits per heavy atom. The minimum Gasteiger partial charge on any atom is -0.247 e. The summed E-state index contributed by atoms with van der Waals surface area (Å²) in [6.07, 6.45) is 0. The van der Waals surface area contributed by atoms with Gasteiger partial charge in [-0.05, 0) is 97.1 Å². The highest BCUT2D eigenvalue weighted by Gasteiger charge is 2.31. The Morgan fingerprint density at radius 3 is 1.57 bits per heavy atom. The van der Waals surface area contributed by atoms with Gasteiger partial charge in [0.25, 0.3) is 0 Å². The zero-order valence-corrected chi connectivity index (χ0v) is 24.7. The number of aryl methyl sites for hydroxylation is 2. The van der Waals surface area contributed by atoms with E-state index in [1.165, 1.54) is 88.1 Å². The van der Waals surface area contributed by atoms with Gasteiger partial charge in [0.1, 0.15) is 0 Å². The van der Waals surface area contributed by atoms with E-state index in [1.807, 2.05) is 0 Å². The van der Waals surface area contributed by atoms with Crippen LogP contribution in [0.2, 0.25) is 0 Å². The van der Waals surface area contributed by atoms with Crippen molar-refractivity contribution in [2.75, 3.05) is 0 Å². The molecule has 0 amide bonds. The van der Waals surface area contributed by atoms with E-state index in [2.05, 4.69) is 153 Å². The van der Waals surface area contributed by atoms with Crippen LogP contribution in [0.5, 0.6) is 0 Å². The van der Waals surface area contributed by atoms with Crippen LogP contribution in [0.15, 0.2) is 140 Å². The lowest BCUT2D eigenvalue weighted by Crippen LogP contribution is -1.93. The molecule has 0 fully saturated rings. The van der Waals surface area contributed by atoms with Crippen LogP contribution in [0.25, 0.3) is 88.2 Å². The molecule has 1 nitrogen and oxygen atoms in total. The lowest BCUT2D eigenvalue weighted by atomic mass is 9.82. The van der Waals surface area contributed by atoms with Crippen molar-refractivity contribution < 1.29 is 0 Å². The molecule has 0 spiro atoms. The number of rotatable bonds is 3. The maximum atomic E-state index is 5.26. The van der Waals surface area contributed by atoms with Crippen molar-refractivity contribution in [1.82, 2.24) is 4.98 Å². The Morgan fingerprint density at radius 1 is 0.386 bits per heavy atom. The molecule has 0 N–H and O–H groups in total. The Hall–Kier alpha value is -5.53. The highest BCUT2D eigenvalue weighted by molar-refractivity contribution is 6.28. The quantitative estimate of drug-likeness (QED) is 0.210. The summed E-state index contributed by atoms with van der Waals surface area (Å²) in [5.41, 5.74) is 16.1. The number of aromatic nitrogens is 1.